The van der Waals surface area contributed by atoms with E-state index >= 15 is 0 Å². The van der Waals surface area contributed by atoms with E-state index in [1.54, 1.807) is 13.3 Å². The highest BCUT2D eigenvalue weighted by atomic mass is 16.5. The molecule has 1 aromatic heterocycles. The van der Waals surface area contributed by atoms with Crippen molar-refractivity contribution in [1.82, 2.24) is 9.55 Å². The van der Waals surface area contributed by atoms with Crippen molar-refractivity contribution in [3.05, 3.63) is 35.8 Å². The maximum Gasteiger partial charge on any atom is 0.232 e. The zero-order chi connectivity index (χ0) is 16.5. The highest BCUT2D eigenvalue weighted by Crippen LogP contribution is 2.36. The van der Waals surface area contributed by atoms with Crippen LogP contribution in [0.4, 0.5) is 5.82 Å². The molecule has 0 fully saturated rings. The number of aryl methyl sites for hydroxylation is 1. The van der Waals surface area contributed by atoms with Crippen molar-refractivity contribution in [1.29, 1.82) is 0 Å². The van der Waals surface area contributed by atoms with Gasteiger partial charge in [-0.15, -0.1) is 0 Å². The van der Waals surface area contributed by atoms with Crippen molar-refractivity contribution < 1.29 is 14.3 Å². The number of nitrogens with one attached hydrogen (secondary N) is 1. The van der Waals surface area contributed by atoms with Crippen molar-refractivity contribution >= 4 is 11.7 Å². The second kappa shape index (κ2) is 6.19. The number of rotatable bonds is 3. The second-order valence-electron chi connectivity index (χ2n) is 6.32. The Hall–Kier alpha value is -2.50. The predicted octanol–water partition coefficient (Wildman–Crippen LogP) is 2.42. The molecule has 126 valence electrons. The van der Waals surface area contributed by atoms with Crippen molar-refractivity contribution in [2.24, 2.45) is 5.92 Å². The molecule has 2 aliphatic heterocycles. The summed E-state index contributed by atoms with van der Waals surface area (Å²) in [6.07, 6.45) is 5.69. The number of hydrogen-bond donors (Lipinski definition) is 1. The molecule has 6 heteroatoms. The number of amides is 1. The average molecular weight is 327 g/mol. The number of benzene rings is 1. The van der Waals surface area contributed by atoms with Crippen molar-refractivity contribution in [2.45, 2.75) is 32.2 Å². The number of methoxy groups -OCH3 is 1. The first-order valence-electron chi connectivity index (χ1n) is 8.40. The molecular formula is C18H21N3O3. The fraction of sp³-hybridized carbons (Fsp3) is 0.444. The smallest absolute Gasteiger partial charge is 0.232 e. The lowest BCUT2D eigenvalue weighted by Gasteiger charge is -2.26. The number of nitrogens with zero attached hydrogens (tertiary/aromatic N) is 2. The lowest BCUT2D eigenvalue weighted by molar-refractivity contribution is -0.121. The van der Waals surface area contributed by atoms with Crippen molar-refractivity contribution in [3.8, 4) is 11.5 Å². The molecule has 3 heterocycles. The molecule has 0 radical (unpaired) electrons. The van der Waals surface area contributed by atoms with Gasteiger partial charge in [0.25, 0.3) is 0 Å². The Balaban J connectivity index is 1.49. The number of aromatic nitrogens is 2. The van der Waals surface area contributed by atoms with Crippen LogP contribution in [-0.4, -0.2) is 29.2 Å². The largest absolute Gasteiger partial charge is 0.493 e. The van der Waals surface area contributed by atoms with Gasteiger partial charge in [-0.05, 0) is 30.9 Å². The summed E-state index contributed by atoms with van der Waals surface area (Å²) in [5.41, 5.74) is 1.01. The lowest BCUT2D eigenvalue weighted by atomic mass is 9.95. The average Bonchev–Trinajstić information content (AvgIpc) is 3.03. The number of carbonyl (C=O) groups is 1. The number of fused-ring (bicyclic) bond motifs is 2. The molecule has 2 aromatic rings. The minimum absolute atomic E-state index is 0.0169. The molecule has 0 unspecified atom stereocenters. The van der Waals surface area contributed by atoms with Crippen LogP contribution in [0.2, 0.25) is 0 Å². The van der Waals surface area contributed by atoms with Gasteiger partial charge in [-0.1, -0.05) is 12.1 Å². The Morgan fingerprint density at radius 3 is 3.21 bits per heavy atom. The van der Waals surface area contributed by atoms with Crippen molar-refractivity contribution in [3.63, 3.8) is 0 Å². The Morgan fingerprint density at radius 1 is 1.42 bits per heavy atom. The molecule has 0 saturated carbocycles. The third kappa shape index (κ3) is 2.62. The van der Waals surface area contributed by atoms with Gasteiger partial charge < -0.3 is 19.4 Å². The molecule has 1 N–H and O–H groups in total. The molecular weight excluding hydrogens is 306 g/mol. The number of anilines is 1. The molecule has 0 aliphatic carbocycles. The van der Waals surface area contributed by atoms with E-state index in [1.807, 2.05) is 18.2 Å². The molecule has 1 atom stereocenters. The van der Waals surface area contributed by atoms with E-state index in [4.69, 9.17) is 9.47 Å². The summed E-state index contributed by atoms with van der Waals surface area (Å²) in [5.74, 6) is 3.11. The van der Waals surface area contributed by atoms with E-state index in [9.17, 15) is 4.79 Å². The molecule has 24 heavy (non-hydrogen) atoms. The third-order valence-corrected chi connectivity index (χ3v) is 4.77. The molecule has 6 nitrogen and oxygen atoms in total. The van der Waals surface area contributed by atoms with Gasteiger partial charge in [0.15, 0.2) is 11.5 Å². The summed E-state index contributed by atoms with van der Waals surface area (Å²) in [4.78, 5) is 17.1. The second-order valence-corrected chi connectivity index (χ2v) is 6.32. The summed E-state index contributed by atoms with van der Waals surface area (Å²) in [6.45, 7) is 1.28. The van der Waals surface area contributed by atoms with Gasteiger partial charge in [-0.25, -0.2) is 4.98 Å². The third-order valence-electron chi connectivity index (χ3n) is 4.77. The van der Waals surface area contributed by atoms with E-state index < -0.39 is 0 Å². The first-order chi connectivity index (χ1) is 11.8. The molecule has 0 bridgehead atoms. The Labute approximate surface area is 140 Å². The van der Waals surface area contributed by atoms with Crippen LogP contribution in [0.15, 0.2) is 24.4 Å². The van der Waals surface area contributed by atoms with Crippen LogP contribution in [0.3, 0.4) is 0 Å². The van der Waals surface area contributed by atoms with Gasteiger partial charge in [0.05, 0.1) is 19.2 Å². The Morgan fingerprint density at radius 2 is 2.33 bits per heavy atom. The number of ether oxygens (including phenoxy) is 2. The van der Waals surface area contributed by atoms with Crippen molar-refractivity contribution in [2.75, 3.05) is 19.0 Å². The lowest BCUT2D eigenvalue weighted by Crippen LogP contribution is -2.33. The number of imidazole rings is 1. The standard InChI is InChI=1S/C18H21N3O3/c1-23-14-6-4-5-12-9-13(11-24-17(12)14)18(22)20-16-10-19-15-7-2-3-8-21(15)16/h4-6,10,13H,2-3,7-9,11H2,1H3,(H,20,22)/t13-/m0/s1. The molecule has 1 aromatic carbocycles. The maximum absolute atomic E-state index is 12.7. The molecule has 1 amide bonds. The molecule has 0 saturated heterocycles. The fourth-order valence-corrected chi connectivity index (χ4v) is 3.47. The van der Waals surface area contributed by atoms with Gasteiger partial charge in [0, 0.05) is 13.0 Å². The highest BCUT2D eigenvalue weighted by Gasteiger charge is 2.28. The Bertz CT molecular complexity index is 769. The summed E-state index contributed by atoms with van der Waals surface area (Å²) in [5, 5.41) is 3.03. The van der Waals surface area contributed by atoms with Crippen LogP contribution in [0.1, 0.15) is 24.2 Å². The van der Waals surface area contributed by atoms with E-state index in [1.165, 1.54) is 6.42 Å². The molecule has 4 rings (SSSR count). The van der Waals surface area contributed by atoms with Gasteiger partial charge >= 0.3 is 0 Å². The van der Waals surface area contributed by atoms with Gasteiger partial charge in [-0.3, -0.25) is 4.79 Å². The SMILES string of the molecule is COc1cccc2c1OC[C@@H](C(=O)Nc1cnc3n1CCCC3)C2. The topological polar surface area (TPSA) is 65.4 Å². The normalized spacial score (nSPS) is 19.0. The number of hydrogen-bond acceptors (Lipinski definition) is 4. The first-order valence-corrected chi connectivity index (χ1v) is 8.40. The summed E-state index contributed by atoms with van der Waals surface area (Å²) < 4.78 is 13.2. The fourth-order valence-electron chi connectivity index (χ4n) is 3.47. The van der Waals surface area contributed by atoms with Crippen LogP contribution in [0.25, 0.3) is 0 Å². The number of para-hydroxylation sites is 1. The molecule has 0 spiro atoms. The predicted molar refractivity (Wildman–Crippen MR) is 89.5 cm³/mol. The highest BCUT2D eigenvalue weighted by molar-refractivity contribution is 5.92. The van der Waals surface area contributed by atoms with Crippen LogP contribution in [0.5, 0.6) is 11.5 Å². The van der Waals surface area contributed by atoms with Crippen LogP contribution in [0, 0.1) is 5.92 Å². The quantitative estimate of drug-likeness (QED) is 0.940. The van der Waals surface area contributed by atoms with Crippen LogP contribution >= 0.6 is 0 Å². The van der Waals surface area contributed by atoms with Crippen LogP contribution in [-0.2, 0) is 24.2 Å². The summed E-state index contributed by atoms with van der Waals surface area (Å²) in [7, 11) is 1.63. The summed E-state index contributed by atoms with van der Waals surface area (Å²) >= 11 is 0. The maximum atomic E-state index is 12.7. The van der Waals surface area contributed by atoms with E-state index in [0.717, 1.165) is 48.1 Å². The molecule has 2 aliphatic rings. The van der Waals surface area contributed by atoms with E-state index in [0.29, 0.717) is 13.0 Å². The minimum Gasteiger partial charge on any atom is -0.493 e. The summed E-state index contributed by atoms with van der Waals surface area (Å²) in [6, 6.07) is 5.78. The van der Waals surface area contributed by atoms with E-state index in [-0.39, 0.29) is 11.8 Å². The van der Waals surface area contributed by atoms with Gasteiger partial charge in [0.1, 0.15) is 18.2 Å². The van der Waals surface area contributed by atoms with Gasteiger partial charge in [0.2, 0.25) is 5.91 Å². The van der Waals surface area contributed by atoms with Gasteiger partial charge in [-0.2, -0.15) is 0 Å². The van der Waals surface area contributed by atoms with Crippen LogP contribution < -0.4 is 14.8 Å². The number of carbonyl (C=O) groups excluding carboxylic acids is 1. The zero-order valence-corrected chi connectivity index (χ0v) is 13.7. The van der Waals surface area contributed by atoms with E-state index in [2.05, 4.69) is 14.9 Å². The Kier molecular flexibility index (Phi) is 3.88. The minimum atomic E-state index is -0.209. The monoisotopic (exact) mass is 327 g/mol. The first kappa shape index (κ1) is 15.1. The zero-order valence-electron chi connectivity index (χ0n) is 13.7.